The maximum Gasteiger partial charge on any atom is 0.315 e. The van der Waals surface area contributed by atoms with E-state index in [0.29, 0.717) is 13.0 Å². The van der Waals surface area contributed by atoms with Crippen LogP contribution in [0.3, 0.4) is 0 Å². The fourth-order valence-corrected chi connectivity index (χ4v) is 2.63. The molecule has 6 nitrogen and oxygen atoms in total. The number of carbonyl (C=O) groups excluding carboxylic acids is 1. The van der Waals surface area contributed by atoms with Gasteiger partial charge in [0.15, 0.2) is 0 Å². The highest BCUT2D eigenvalue weighted by molar-refractivity contribution is 5.84. The Bertz CT molecular complexity index is 679. The van der Waals surface area contributed by atoms with Crippen LogP contribution in [0.25, 0.3) is 10.9 Å². The van der Waals surface area contributed by atoms with Gasteiger partial charge in [0.05, 0.1) is 18.8 Å². The highest BCUT2D eigenvalue weighted by atomic mass is 16.3. The maximum atomic E-state index is 11.8. The molecule has 1 aromatic carbocycles. The smallest absolute Gasteiger partial charge is 0.315 e. The van der Waals surface area contributed by atoms with Crippen molar-refractivity contribution in [1.82, 2.24) is 15.2 Å². The second-order valence-corrected chi connectivity index (χ2v) is 5.97. The first-order valence-electron chi connectivity index (χ1n) is 7.80. The van der Waals surface area contributed by atoms with Gasteiger partial charge in [0.2, 0.25) is 0 Å². The number of amides is 2. The van der Waals surface area contributed by atoms with Crippen LogP contribution in [0.1, 0.15) is 18.1 Å². The van der Waals surface area contributed by atoms with Crippen molar-refractivity contribution in [2.45, 2.75) is 32.4 Å². The standard InChI is InChI=1S/C17H25N3O3/c1-11-4-5-14-13(9-20(3)16(14)8-11)6-7-18-17(23)19-15(10-21)12(2)22/h4-5,8-9,12,15,21-22H,6-7,10H2,1-3H3,(H2,18,19,23)/t12-,15-/m1/s1. The minimum Gasteiger partial charge on any atom is -0.394 e. The fraction of sp³-hybridized carbons (Fsp3) is 0.471. The topological polar surface area (TPSA) is 86.5 Å². The average Bonchev–Trinajstić information content (AvgIpc) is 2.80. The van der Waals surface area contributed by atoms with Gasteiger partial charge in [-0.25, -0.2) is 4.79 Å². The molecule has 0 aliphatic carbocycles. The van der Waals surface area contributed by atoms with E-state index in [1.54, 1.807) is 0 Å². The summed E-state index contributed by atoms with van der Waals surface area (Å²) in [6.45, 7) is 3.78. The summed E-state index contributed by atoms with van der Waals surface area (Å²) >= 11 is 0. The lowest BCUT2D eigenvalue weighted by Crippen LogP contribution is -2.49. The second-order valence-electron chi connectivity index (χ2n) is 5.97. The van der Waals surface area contributed by atoms with Gasteiger partial charge in [0.25, 0.3) is 0 Å². The van der Waals surface area contributed by atoms with E-state index in [9.17, 15) is 9.90 Å². The molecule has 0 saturated carbocycles. The molecule has 2 atom stereocenters. The first kappa shape index (κ1) is 17.3. The van der Waals surface area contributed by atoms with Gasteiger partial charge >= 0.3 is 6.03 Å². The molecule has 0 fully saturated rings. The van der Waals surface area contributed by atoms with Crippen molar-refractivity contribution < 1.29 is 15.0 Å². The van der Waals surface area contributed by atoms with Crippen LogP contribution in [0.15, 0.2) is 24.4 Å². The van der Waals surface area contributed by atoms with E-state index in [0.717, 1.165) is 0 Å². The van der Waals surface area contributed by atoms with E-state index in [-0.39, 0.29) is 12.6 Å². The Hall–Kier alpha value is -2.05. The van der Waals surface area contributed by atoms with E-state index in [1.807, 2.05) is 7.05 Å². The predicted molar refractivity (Wildman–Crippen MR) is 90.4 cm³/mol. The quantitative estimate of drug-likeness (QED) is 0.642. The minimum absolute atomic E-state index is 0.298. The van der Waals surface area contributed by atoms with Crippen molar-refractivity contribution in [3.8, 4) is 0 Å². The second kappa shape index (κ2) is 7.48. The van der Waals surface area contributed by atoms with Crippen molar-refractivity contribution >= 4 is 16.9 Å². The van der Waals surface area contributed by atoms with Crippen molar-refractivity contribution in [2.75, 3.05) is 13.2 Å². The van der Waals surface area contributed by atoms with Crippen LogP contribution in [0.5, 0.6) is 0 Å². The van der Waals surface area contributed by atoms with Gasteiger partial charge in [-0.1, -0.05) is 12.1 Å². The lowest BCUT2D eigenvalue weighted by Gasteiger charge is -2.19. The fourth-order valence-electron chi connectivity index (χ4n) is 2.63. The van der Waals surface area contributed by atoms with Crippen molar-refractivity contribution in [1.29, 1.82) is 0 Å². The van der Waals surface area contributed by atoms with Gasteiger partial charge in [-0.05, 0) is 37.5 Å². The highest BCUT2D eigenvalue weighted by Crippen LogP contribution is 2.22. The summed E-state index contributed by atoms with van der Waals surface area (Å²) < 4.78 is 2.09. The minimum atomic E-state index is -0.799. The first-order chi connectivity index (χ1) is 10.9. The van der Waals surface area contributed by atoms with Gasteiger partial charge in [-0.15, -0.1) is 0 Å². The number of nitrogens with one attached hydrogen (secondary N) is 2. The van der Waals surface area contributed by atoms with E-state index in [1.165, 1.54) is 29.0 Å². The summed E-state index contributed by atoms with van der Waals surface area (Å²) in [4.78, 5) is 11.8. The Morgan fingerprint density at radius 1 is 1.39 bits per heavy atom. The number of hydrogen-bond acceptors (Lipinski definition) is 3. The van der Waals surface area contributed by atoms with E-state index >= 15 is 0 Å². The zero-order chi connectivity index (χ0) is 17.0. The molecular formula is C17H25N3O3. The van der Waals surface area contributed by atoms with Crippen LogP contribution < -0.4 is 10.6 Å². The van der Waals surface area contributed by atoms with Crippen molar-refractivity contribution in [3.63, 3.8) is 0 Å². The van der Waals surface area contributed by atoms with Crippen LogP contribution in [0.4, 0.5) is 4.79 Å². The van der Waals surface area contributed by atoms with Crippen LogP contribution in [-0.4, -0.2) is 46.1 Å². The van der Waals surface area contributed by atoms with E-state index < -0.39 is 12.1 Å². The summed E-state index contributed by atoms with van der Waals surface area (Å²) in [6.07, 6.45) is 1.99. The molecule has 1 heterocycles. The lowest BCUT2D eigenvalue weighted by atomic mass is 10.1. The number of hydrogen-bond donors (Lipinski definition) is 4. The molecule has 2 amide bonds. The normalized spacial score (nSPS) is 13.8. The molecule has 23 heavy (non-hydrogen) atoms. The van der Waals surface area contributed by atoms with Gasteiger partial charge in [0, 0.05) is 30.7 Å². The van der Waals surface area contributed by atoms with E-state index in [2.05, 4.69) is 46.5 Å². The average molecular weight is 319 g/mol. The number of carbonyl (C=O) groups is 1. The molecule has 0 radical (unpaired) electrons. The molecular weight excluding hydrogens is 294 g/mol. The lowest BCUT2D eigenvalue weighted by molar-refractivity contribution is 0.107. The van der Waals surface area contributed by atoms with Gasteiger partial charge < -0.3 is 25.4 Å². The van der Waals surface area contributed by atoms with Gasteiger partial charge in [-0.3, -0.25) is 0 Å². The molecule has 0 aliphatic heterocycles. The zero-order valence-corrected chi connectivity index (χ0v) is 13.8. The number of aliphatic hydroxyl groups is 2. The number of rotatable bonds is 6. The number of aryl methyl sites for hydroxylation is 2. The summed E-state index contributed by atoms with van der Waals surface area (Å²) in [6, 6.07) is 5.29. The predicted octanol–water partition coefficient (Wildman–Crippen LogP) is 1.07. The largest absolute Gasteiger partial charge is 0.394 e. The number of fused-ring (bicyclic) bond motifs is 1. The summed E-state index contributed by atoms with van der Waals surface area (Å²) in [5.74, 6) is 0. The van der Waals surface area contributed by atoms with Crippen molar-refractivity contribution in [3.05, 3.63) is 35.5 Å². The monoisotopic (exact) mass is 319 g/mol. The van der Waals surface area contributed by atoms with Crippen LogP contribution in [0, 0.1) is 6.92 Å². The summed E-state index contributed by atoms with van der Waals surface area (Å²) in [5, 5.41) is 25.0. The maximum absolute atomic E-state index is 11.8. The molecule has 0 bridgehead atoms. The summed E-state index contributed by atoms with van der Waals surface area (Å²) in [5.41, 5.74) is 3.58. The Kier molecular flexibility index (Phi) is 5.63. The molecule has 6 heteroatoms. The molecule has 1 aromatic heterocycles. The van der Waals surface area contributed by atoms with Gasteiger partial charge in [-0.2, -0.15) is 0 Å². The Balaban J connectivity index is 1.93. The third-order valence-electron chi connectivity index (χ3n) is 4.00. The SMILES string of the molecule is Cc1ccc2c(CCNC(=O)N[C@H](CO)[C@@H](C)O)cn(C)c2c1. The summed E-state index contributed by atoms with van der Waals surface area (Å²) in [7, 11) is 2.01. The van der Waals surface area contributed by atoms with Crippen molar-refractivity contribution in [2.24, 2.45) is 7.05 Å². The third-order valence-corrected chi connectivity index (χ3v) is 4.00. The van der Waals surface area contributed by atoms with Crippen LogP contribution in [-0.2, 0) is 13.5 Å². The molecule has 4 N–H and O–H groups in total. The molecule has 0 saturated heterocycles. The Labute approximate surface area is 136 Å². The first-order valence-corrected chi connectivity index (χ1v) is 7.80. The number of urea groups is 1. The van der Waals surface area contributed by atoms with Crippen LogP contribution in [0.2, 0.25) is 0 Å². The molecule has 0 unspecified atom stereocenters. The molecule has 2 rings (SSSR count). The molecule has 126 valence electrons. The van der Waals surface area contributed by atoms with Gasteiger partial charge in [0.1, 0.15) is 0 Å². The molecule has 0 spiro atoms. The number of aliphatic hydroxyl groups excluding tert-OH is 2. The third kappa shape index (κ3) is 4.24. The zero-order valence-electron chi connectivity index (χ0n) is 13.8. The van der Waals surface area contributed by atoms with Crippen LogP contribution >= 0.6 is 0 Å². The number of aromatic nitrogens is 1. The Morgan fingerprint density at radius 3 is 2.78 bits per heavy atom. The highest BCUT2D eigenvalue weighted by Gasteiger charge is 2.16. The number of benzene rings is 1. The van der Waals surface area contributed by atoms with E-state index in [4.69, 9.17) is 5.11 Å². The molecule has 2 aromatic rings. The number of nitrogens with zero attached hydrogens (tertiary/aromatic N) is 1. The molecule has 0 aliphatic rings. The Morgan fingerprint density at radius 2 is 2.13 bits per heavy atom.